The summed E-state index contributed by atoms with van der Waals surface area (Å²) in [6.07, 6.45) is 5.63. The van der Waals surface area contributed by atoms with Gasteiger partial charge in [0, 0.05) is 17.5 Å². The van der Waals surface area contributed by atoms with Gasteiger partial charge in [-0.2, -0.15) is 0 Å². The van der Waals surface area contributed by atoms with Crippen LogP contribution in [0.5, 0.6) is 0 Å². The molecule has 15 heavy (non-hydrogen) atoms. The normalized spacial score (nSPS) is 34.3. The first-order chi connectivity index (χ1) is 7.12. The highest BCUT2D eigenvalue weighted by Crippen LogP contribution is 2.40. The topological polar surface area (TPSA) is 41.1 Å². The van der Waals surface area contributed by atoms with Crippen LogP contribution in [-0.4, -0.2) is 24.5 Å². The van der Waals surface area contributed by atoms with Crippen molar-refractivity contribution in [2.24, 2.45) is 5.41 Å². The second kappa shape index (κ2) is 4.12. The molecular formula is C12H22N2O. The summed E-state index contributed by atoms with van der Waals surface area (Å²) < 4.78 is 0. The predicted molar refractivity (Wildman–Crippen MR) is 60.6 cm³/mol. The third-order valence-corrected chi connectivity index (χ3v) is 4.08. The van der Waals surface area contributed by atoms with E-state index in [-0.39, 0.29) is 11.3 Å². The Bertz CT molecular complexity index is 248. The molecule has 1 saturated carbocycles. The molecule has 0 aromatic heterocycles. The number of rotatable bonds is 2. The fourth-order valence-corrected chi connectivity index (χ4v) is 2.52. The zero-order valence-electron chi connectivity index (χ0n) is 9.81. The molecule has 1 aliphatic carbocycles. The minimum Gasteiger partial charge on any atom is -0.351 e. The lowest BCUT2D eigenvalue weighted by Gasteiger charge is -2.39. The number of carbonyl (C=O) groups is 1. The van der Waals surface area contributed by atoms with E-state index >= 15 is 0 Å². The van der Waals surface area contributed by atoms with Crippen molar-refractivity contribution in [3.8, 4) is 0 Å². The molecule has 2 aliphatic rings. The average Bonchev–Trinajstić information content (AvgIpc) is 2.18. The van der Waals surface area contributed by atoms with Gasteiger partial charge in [-0.15, -0.1) is 0 Å². The van der Waals surface area contributed by atoms with E-state index in [4.69, 9.17) is 0 Å². The third-order valence-electron chi connectivity index (χ3n) is 4.08. The van der Waals surface area contributed by atoms with Gasteiger partial charge < -0.3 is 10.6 Å². The molecule has 1 heterocycles. The molecule has 1 aliphatic heterocycles. The van der Waals surface area contributed by atoms with Crippen molar-refractivity contribution >= 4 is 5.91 Å². The second-order valence-electron chi connectivity index (χ2n) is 5.38. The van der Waals surface area contributed by atoms with Gasteiger partial charge in [0.15, 0.2) is 0 Å². The Hall–Kier alpha value is -0.570. The molecule has 2 rings (SSSR count). The molecule has 2 fully saturated rings. The molecule has 0 spiro atoms. The van der Waals surface area contributed by atoms with Crippen LogP contribution in [0.4, 0.5) is 0 Å². The van der Waals surface area contributed by atoms with Crippen molar-refractivity contribution in [2.45, 2.75) is 58.0 Å². The van der Waals surface area contributed by atoms with Gasteiger partial charge in [-0.05, 0) is 39.2 Å². The van der Waals surface area contributed by atoms with Crippen molar-refractivity contribution < 1.29 is 4.79 Å². The summed E-state index contributed by atoms with van der Waals surface area (Å²) in [5.41, 5.74) is -0.0584. The van der Waals surface area contributed by atoms with Crippen LogP contribution in [0.25, 0.3) is 0 Å². The van der Waals surface area contributed by atoms with Crippen LogP contribution in [0, 0.1) is 5.41 Å². The molecule has 2 unspecified atom stereocenters. The van der Waals surface area contributed by atoms with Crippen LogP contribution >= 0.6 is 0 Å². The quantitative estimate of drug-likeness (QED) is 0.724. The van der Waals surface area contributed by atoms with Crippen LogP contribution in [0.1, 0.15) is 46.0 Å². The summed E-state index contributed by atoms with van der Waals surface area (Å²) >= 11 is 0. The van der Waals surface area contributed by atoms with Gasteiger partial charge >= 0.3 is 0 Å². The fraction of sp³-hybridized carbons (Fsp3) is 0.917. The Labute approximate surface area is 92.0 Å². The predicted octanol–water partition coefficient (Wildman–Crippen LogP) is 1.43. The molecule has 1 saturated heterocycles. The number of hydrogen-bond acceptors (Lipinski definition) is 2. The van der Waals surface area contributed by atoms with Crippen LogP contribution < -0.4 is 10.6 Å². The number of nitrogens with one attached hydrogen (secondary N) is 2. The number of amides is 1. The van der Waals surface area contributed by atoms with Gasteiger partial charge in [0.05, 0.1) is 0 Å². The number of carbonyl (C=O) groups excluding carboxylic acids is 1. The van der Waals surface area contributed by atoms with Crippen LogP contribution in [0.3, 0.4) is 0 Å². The Morgan fingerprint density at radius 2 is 2.13 bits per heavy atom. The highest BCUT2D eigenvalue weighted by Gasteiger charge is 2.40. The lowest BCUT2D eigenvalue weighted by atomic mass is 9.69. The van der Waals surface area contributed by atoms with Gasteiger partial charge in [0.1, 0.15) is 0 Å². The SMILES string of the molecule is CC1NCCCC1NC(=O)C1(C)CCC1. The largest absolute Gasteiger partial charge is 0.351 e. The standard InChI is InChI=1S/C12H22N2O/c1-9-10(5-3-8-13-9)14-11(15)12(2)6-4-7-12/h9-10,13H,3-8H2,1-2H3,(H,14,15). The van der Waals surface area contributed by atoms with E-state index in [1.807, 2.05) is 0 Å². The fourth-order valence-electron chi connectivity index (χ4n) is 2.52. The van der Waals surface area contributed by atoms with Crippen LogP contribution in [-0.2, 0) is 4.79 Å². The molecule has 3 heteroatoms. The second-order valence-corrected chi connectivity index (χ2v) is 5.38. The minimum atomic E-state index is -0.0584. The lowest BCUT2D eigenvalue weighted by molar-refractivity contribution is -0.135. The Balaban J connectivity index is 1.87. The van der Waals surface area contributed by atoms with Crippen LogP contribution in [0.2, 0.25) is 0 Å². The minimum absolute atomic E-state index is 0.0584. The Morgan fingerprint density at radius 1 is 1.40 bits per heavy atom. The zero-order chi connectivity index (χ0) is 10.9. The van der Waals surface area contributed by atoms with E-state index in [1.54, 1.807) is 0 Å². The molecular weight excluding hydrogens is 188 g/mol. The first-order valence-corrected chi connectivity index (χ1v) is 6.16. The van der Waals surface area contributed by atoms with Crippen molar-refractivity contribution in [1.82, 2.24) is 10.6 Å². The van der Waals surface area contributed by atoms with E-state index in [1.165, 1.54) is 12.8 Å². The zero-order valence-corrected chi connectivity index (χ0v) is 9.81. The Morgan fingerprint density at radius 3 is 2.67 bits per heavy atom. The maximum absolute atomic E-state index is 12.0. The van der Waals surface area contributed by atoms with Crippen molar-refractivity contribution in [1.29, 1.82) is 0 Å². The lowest BCUT2D eigenvalue weighted by Crippen LogP contribution is -2.55. The van der Waals surface area contributed by atoms with Crippen molar-refractivity contribution in [3.63, 3.8) is 0 Å². The first kappa shape index (κ1) is 10.9. The molecule has 0 bridgehead atoms. The summed E-state index contributed by atoms with van der Waals surface area (Å²) in [5, 5.41) is 6.62. The highest BCUT2D eigenvalue weighted by molar-refractivity contribution is 5.83. The summed E-state index contributed by atoms with van der Waals surface area (Å²) in [6.45, 7) is 5.34. The monoisotopic (exact) mass is 210 g/mol. The number of hydrogen-bond donors (Lipinski definition) is 2. The summed E-state index contributed by atoms with van der Waals surface area (Å²) in [6, 6.07) is 0.759. The van der Waals surface area contributed by atoms with E-state index in [2.05, 4.69) is 24.5 Å². The summed E-state index contributed by atoms with van der Waals surface area (Å²) in [4.78, 5) is 12.0. The van der Waals surface area contributed by atoms with E-state index in [9.17, 15) is 4.79 Å². The van der Waals surface area contributed by atoms with E-state index in [0.29, 0.717) is 12.1 Å². The van der Waals surface area contributed by atoms with E-state index < -0.39 is 0 Å². The molecule has 0 radical (unpaired) electrons. The summed E-state index contributed by atoms with van der Waals surface area (Å²) in [5.74, 6) is 0.273. The smallest absolute Gasteiger partial charge is 0.226 e. The summed E-state index contributed by atoms with van der Waals surface area (Å²) in [7, 11) is 0. The molecule has 3 nitrogen and oxygen atoms in total. The number of piperidine rings is 1. The average molecular weight is 210 g/mol. The maximum Gasteiger partial charge on any atom is 0.226 e. The molecule has 2 atom stereocenters. The third kappa shape index (κ3) is 2.17. The maximum atomic E-state index is 12.0. The highest BCUT2D eigenvalue weighted by atomic mass is 16.2. The van der Waals surface area contributed by atoms with Gasteiger partial charge in [-0.25, -0.2) is 0 Å². The van der Waals surface area contributed by atoms with Crippen molar-refractivity contribution in [2.75, 3.05) is 6.54 Å². The molecule has 0 aromatic rings. The molecule has 1 amide bonds. The molecule has 2 N–H and O–H groups in total. The van der Waals surface area contributed by atoms with E-state index in [0.717, 1.165) is 25.8 Å². The Kier molecular flexibility index (Phi) is 3.01. The molecule has 86 valence electrons. The molecule has 0 aromatic carbocycles. The van der Waals surface area contributed by atoms with Gasteiger partial charge in [0.25, 0.3) is 0 Å². The first-order valence-electron chi connectivity index (χ1n) is 6.16. The van der Waals surface area contributed by atoms with Gasteiger partial charge in [0.2, 0.25) is 5.91 Å². The van der Waals surface area contributed by atoms with Gasteiger partial charge in [-0.3, -0.25) is 4.79 Å². The van der Waals surface area contributed by atoms with Gasteiger partial charge in [-0.1, -0.05) is 13.3 Å². The van der Waals surface area contributed by atoms with Crippen LogP contribution in [0.15, 0.2) is 0 Å². The van der Waals surface area contributed by atoms with Crippen molar-refractivity contribution in [3.05, 3.63) is 0 Å².